The van der Waals surface area contributed by atoms with E-state index in [9.17, 15) is 5.11 Å². The molecule has 0 aromatic heterocycles. The first kappa shape index (κ1) is 16.2. The van der Waals surface area contributed by atoms with Gasteiger partial charge >= 0.3 is 0 Å². The van der Waals surface area contributed by atoms with E-state index in [0.29, 0.717) is 6.42 Å². The Morgan fingerprint density at radius 1 is 1.05 bits per heavy atom. The van der Waals surface area contributed by atoms with Crippen molar-refractivity contribution in [2.75, 3.05) is 26.2 Å². The maximum Gasteiger partial charge on any atom is 0.103 e. The lowest BCUT2D eigenvalue weighted by Gasteiger charge is -2.30. The molecule has 0 bridgehead atoms. The number of nitrogens with two attached hydrogens (primary N) is 1. The molecule has 0 amide bonds. The van der Waals surface area contributed by atoms with Gasteiger partial charge in [0.15, 0.2) is 0 Å². The predicted molar refractivity (Wildman–Crippen MR) is 81.0 cm³/mol. The van der Waals surface area contributed by atoms with Crippen LogP contribution in [0, 0.1) is 0 Å². The number of benzene rings is 1. The summed E-state index contributed by atoms with van der Waals surface area (Å²) >= 11 is 0. The number of hydrogen-bond donors (Lipinski definition) is 2. The van der Waals surface area contributed by atoms with E-state index in [1.54, 1.807) is 0 Å². The Hall–Kier alpha value is -0.900. The first-order valence-corrected chi connectivity index (χ1v) is 7.36. The molecule has 1 atom stereocenters. The van der Waals surface area contributed by atoms with E-state index in [1.165, 1.54) is 0 Å². The molecular formula is C16H28N2O. The molecule has 19 heavy (non-hydrogen) atoms. The second-order valence-electron chi connectivity index (χ2n) is 5.19. The van der Waals surface area contributed by atoms with Crippen LogP contribution in [0.3, 0.4) is 0 Å². The van der Waals surface area contributed by atoms with E-state index in [4.69, 9.17) is 5.73 Å². The van der Waals surface area contributed by atoms with E-state index < -0.39 is 5.60 Å². The van der Waals surface area contributed by atoms with Gasteiger partial charge < -0.3 is 15.7 Å². The second kappa shape index (κ2) is 8.31. The number of aliphatic hydroxyl groups is 1. The maximum absolute atomic E-state index is 10.7. The highest BCUT2D eigenvalue weighted by atomic mass is 16.3. The van der Waals surface area contributed by atoms with Crippen LogP contribution in [0.15, 0.2) is 30.3 Å². The predicted octanol–water partition coefficient (Wildman–Crippen LogP) is 2.35. The van der Waals surface area contributed by atoms with Gasteiger partial charge in [0.2, 0.25) is 0 Å². The topological polar surface area (TPSA) is 49.5 Å². The largest absolute Gasteiger partial charge is 0.384 e. The molecule has 1 unspecified atom stereocenters. The van der Waals surface area contributed by atoms with Gasteiger partial charge in [0, 0.05) is 13.1 Å². The van der Waals surface area contributed by atoms with Gasteiger partial charge in [-0.05, 0) is 37.9 Å². The molecule has 0 aliphatic rings. The minimum Gasteiger partial charge on any atom is -0.384 e. The van der Waals surface area contributed by atoms with Gasteiger partial charge in [-0.1, -0.05) is 44.2 Å². The summed E-state index contributed by atoms with van der Waals surface area (Å²) in [5, 5.41) is 10.7. The van der Waals surface area contributed by atoms with E-state index in [0.717, 1.165) is 38.0 Å². The lowest BCUT2D eigenvalue weighted by atomic mass is 9.90. The van der Waals surface area contributed by atoms with Crippen molar-refractivity contribution in [2.45, 2.75) is 38.7 Å². The summed E-state index contributed by atoms with van der Waals surface area (Å²) in [4.78, 5) is 2.41. The molecule has 108 valence electrons. The molecule has 3 N–H and O–H groups in total. The molecule has 1 aromatic carbocycles. The molecule has 1 rings (SSSR count). The van der Waals surface area contributed by atoms with Gasteiger partial charge in [0.05, 0.1) is 0 Å². The Morgan fingerprint density at radius 2 is 1.63 bits per heavy atom. The fraction of sp³-hybridized carbons (Fsp3) is 0.625. The van der Waals surface area contributed by atoms with Crippen molar-refractivity contribution in [3.05, 3.63) is 35.9 Å². The van der Waals surface area contributed by atoms with Crippen LogP contribution < -0.4 is 5.73 Å². The Bertz CT molecular complexity index is 336. The number of rotatable bonds is 9. The molecule has 3 heteroatoms. The third kappa shape index (κ3) is 4.94. The molecular weight excluding hydrogens is 236 g/mol. The molecule has 0 saturated heterocycles. The minimum atomic E-state index is -0.902. The van der Waals surface area contributed by atoms with Crippen LogP contribution >= 0.6 is 0 Å². The summed E-state index contributed by atoms with van der Waals surface area (Å²) in [6.45, 7) is 7.71. The van der Waals surface area contributed by atoms with Crippen molar-refractivity contribution in [3.8, 4) is 0 Å². The fourth-order valence-electron chi connectivity index (χ4n) is 2.42. The SMILES string of the molecule is CCCN(CCC)CCC(O)(CN)c1ccccc1. The zero-order valence-corrected chi connectivity index (χ0v) is 12.3. The molecule has 0 spiro atoms. The summed E-state index contributed by atoms with van der Waals surface area (Å²) < 4.78 is 0. The monoisotopic (exact) mass is 264 g/mol. The molecule has 0 aliphatic heterocycles. The highest BCUT2D eigenvalue weighted by Crippen LogP contribution is 2.24. The van der Waals surface area contributed by atoms with E-state index in [2.05, 4.69) is 18.7 Å². The Balaban J connectivity index is 2.65. The fourth-order valence-corrected chi connectivity index (χ4v) is 2.42. The first-order chi connectivity index (χ1) is 9.16. The molecule has 0 aliphatic carbocycles. The van der Waals surface area contributed by atoms with Crippen molar-refractivity contribution in [1.29, 1.82) is 0 Å². The van der Waals surface area contributed by atoms with Gasteiger partial charge in [-0.3, -0.25) is 0 Å². The molecule has 0 radical (unpaired) electrons. The molecule has 1 aromatic rings. The van der Waals surface area contributed by atoms with Crippen LogP contribution in [0.5, 0.6) is 0 Å². The summed E-state index contributed by atoms with van der Waals surface area (Å²) in [5.74, 6) is 0. The van der Waals surface area contributed by atoms with Gasteiger partial charge in [0.1, 0.15) is 5.60 Å². The van der Waals surface area contributed by atoms with Crippen LogP contribution in [0.4, 0.5) is 0 Å². The van der Waals surface area contributed by atoms with Gasteiger partial charge in [-0.15, -0.1) is 0 Å². The summed E-state index contributed by atoms with van der Waals surface area (Å²) in [6.07, 6.45) is 2.98. The van der Waals surface area contributed by atoms with Crippen molar-refractivity contribution in [1.82, 2.24) is 4.90 Å². The standard InChI is InChI=1S/C16H28N2O/c1-3-11-18(12-4-2)13-10-16(19,14-17)15-8-6-5-7-9-15/h5-9,19H,3-4,10-14,17H2,1-2H3. The zero-order valence-electron chi connectivity index (χ0n) is 12.3. The van der Waals surface area contributed by atoms with Crippen LogP contribution in [0.1, 0.15) is 38.7 Å². The lowest BCUT2D eigenvalue weighted by molar-refractivity contribution is 0.0257. The lowest BCUT2D eigenvalue weighted by Crippen LogP contribution is -2.39. The zero-order chi connectivity index (χ0) is 14.1. The van der Waals surface area contributed by atoms with Crippen LogP contribution in [-0.4, -0.2) is 36.2 Å². The molecule has 0 saturated carbocycles. The van der Waals surface area contributed by atoms with Gasteiger partial charge in [-0.2, -0.15) is 0 Å². The van der Waals surface area contributed by atoms with E-state index in [1.807, 2.05) is 30.3 Å². The Kier molecular flexibility index (Phi) is 7.06. The summed E-state index contributed by atoms with van der Waals surface area (Å²) in [6, 6.07) is 9.77. The average Bonchev–Trinajstić information content (AvgIpc) is 2.46. The smallest absolute Gasteiger partial charge is 0.103 e. The highest BCUT2D eigenvalue weighted by Gasteiger charge is 2.27. The van der Waals surface area contributed by atoms with Crippen molar-refractivity contribution < 1.29 is 5.11 Å². The second-order valence-corrected chi connectivity index (χ2v) is 5.19. The normalized spacial score (nSPS) is 14.6. The minimum absolute atomic E-state index is 0.267. The van der Waals surface area contributed by atoms with Crippen LogP contribution in [0.2, 0.25) is 0 Å². The average molecular weight is 264 g/mol. The molecule has 0 fully saturated rings. The summed E-state index contributed by atoms with van der Waals surface area (Å²) in [5.41, 5.74) is 5.82. The van der Waals surface area contributed by atoms with Crippen molar-refractivity contribution in [2.24, 2.45) is 5.73 Å². The Morgan fingerprint density at radius 3 is 2.11 bits per heavy atom. The van der Waals surface area contributed by atoms with Gasteiger partial charge in [0.25, 0.3) is 0 Å². The number of nitrogens with zero attached hydrogens (tertiary/aromatic N) is 1. The van der Waals surface area contributed by atoms with E-state index >= 15 is 0 Å². The van der Waals surface area contributed by atoms with E-state index in [-0.39, 0.29) is 6.54 Å². The highest BCUT2D eigenvalue weighted by molar-refractivity contribution is 5.22. The number of hydrogen-bond acceptors (Lipinski definition) is 3. The van der Waals surface area contributed by atoms with Crippen LogP contribution in [0.25, 0.3) is 0 Å². The van der Waals surface area contributed by atoms with Crippen molar-refractivity contribution >= 4 is 0 Å². The molecule has 0 heterocycles. The first-order valence-electron chi connectivity index (χ1n) is 7.36. The van der Waals surface area contributed by atoms with Crippen LogP contribution in [-0.2, 0) is 5.60 Å². The maximum atomic E-state index is 10.7. The third-order valence-corrected chi connectivity index (χ3v) is 3.57. The summed E-state index contributed by atoms with van der Waals surface area (Å²) in [7, 11) is 0. The Labute approximate surface area is 117 Å². The molecule has 3 nitrogen and oxygen atoms in total. The third-order valence-electron chi connectivity index (χ3n) is 3.57. The van der Waals surface area contributed by atoms with Crippen molar-refractivity contribution in [3.63, 3.8) is 0 Å². The quantitative estimate of drug-likeness (QED) is 0.720. The van der Waals surface area contributed by atoms with Gasteiger partial charge in [-0.25, -0.2) is 0 Å².